The second-order valence-electron chi connectivity index (χ2n) is 3.51. The van der Waals surface area contributed by atoms with Crippen molar-refractivity contribution in [3.05, 3.63) is 0 Å². The molecule has 0 aromatic heterocycles. The first kappa shape index (κ1) is 11.8. The molecule has 3 heteroatoms. The van der Waals surface area contributed by atoms with Crippen molar-refractivity contribution in [2.75, 3.05) is 19.3 Å². The van der Waals surface area contributed by atoms with Crippen LogP contribution in [0.5, 0.6) is 0 Å². The molecule has 72 valence electrons. The Labute approximate surface area is 80.7 Å². The van der Waals surface area contributed by atoms with Crippen LogP contribution in [0.15, 0.2) is 0 Å². The van der Waals surface area contributed by atoms with Gasteiger partial charge in [0.05, 0.1) is 5.75 Å². The second kappa shape index (κ2) is 6.35. The van der Waals surface area contributed by atoms with Gasteiger partial charge in [-0.25, -0.2) is 0 Å². The molecule has 0 N–H and O–H groups in total. The average Bonchev–Trinajstić information content (AvgIpc) is 2.02. The van der Waals surface area contributed by atoms with Crippen LogP contribution < -0.4 is 0 Å². The van der Waals surface area contributed by atoms with E-state index in [1.54, 1.807) is 4.90 Å². The van der Waals surface area contributed by atoms with E-state index in [0.29, 0.717) is 5.75 Å². The van der Waals surface area contributed by atoms with Crippen LogP contribution in [0.4, 0.5) is 0 Å². The fraction of sp³-hybridized carbons (Fsp3) is 0.889. The van der Waals surface area contributed by atoms with Crippen molar-refractivity contribution in [3.8, 4) is 0 Å². The second-order valence-corrected chi connectivity index (χ2v) is 3.83. The molecule has 1 amide bonds. The maximum Gasteiger partial charge on any atom is 0.232 e. The third kappa shape index (κ3) is 5.47. The van der Waals surface area contributed by atoms with E-state index in [1.165, 1.54) is 6.42 Å². The molecule has 0 radical (unpaired) electrons. The van der Waals surface area contributed by atoms with Crippen LogP contribution in [0.25, 0.3) is 0 Å². The number of rotatable bonds is 5. The highest BCUT2D eigenvalue weighted by atomic mass is 32.1. The molecule has 0 aliphatic heterocycles. The predicted molar refractivity (Wildman–Crippen MR) is 55.6 cm³/mol. The van der Waals surface area contributed by atoms with Crippen LogP contribution in [0, 0.1) is 5.92 Å². The maximum absolute atomic E-state index is 11.0. The summed E-state index contributed by atoms with van der Waals surface area (Å²) >= 11 is 3.93. The molecule has 0 spiro atoms. The summed E-state index contributed by atoms with van der Waals surface area (Å²) < 4.78 is 0. The fourth-order valence-electron chi connectivity index (χ4n) is 0.982. The van der Waals surface area contributed by atoms with Crippen molar-refractivity contribution in [2.24, 2.45) is 5.92 Å². The van der Waals surface area contributed by atoms with Gasteiger partial charge in [0.15, 0.2) is 0 Å². The molecule has 0 aromatic rings. The Bertz CT molecular complexity index is 136. The van der Waals surface area contributed by atoms with Crippen molar-refractivity contribution < 1.29 is 4.79 Å². The molecule has 12 heavy (non-hydrogen) atoms. The van der Waals surface area contributed by atoms with E-state index in [2.05, 4.69) is 26.5 Å². The summed E-state index contributed by atoms with van der Waals surface area (Å²) in [6, 6.07) is 0. The van der Waals surface area contributed by atoms with E-state index in [1.807, 2.05) is 7.05 Å². The summed E-state index contributed by atoms with van der Waals surface area (Å²) in [5.41, 5.74) is 0. The maximum atomic E-state index is 11.0. The largest absolute Gasteiger partial charge is 0.345 e. The third-order valence-corrected chi connectivity index (χ3v) is 2.11. The van der Waals surface area contributed by atoms with Crippen LogP contribution in [-0.2, 0) is 4.79 Å². The zero-order chi connectivity index (χ0) is 9.56. The van der Waals surface area contributed by atoms with Gasteiger partial charge in [0.1, 0.15) is 0 Å². The third-order valence-electron chi connectivity index (χ3n) is 1.84. The predicted octanol–water partition coefficient (Wildman–Crippen LogP) is 1.81. The van der Waals surface area contributed by atoms with Gasteiger partial charge in [-0.1, -0.05) is 13.8 Å². The molecule has 0 unspecified atom stereocenters. The van der Waals surface area contributed by atoms with Crippen LogP contribution >= 0.6 is 12.6 Å². The van der Waals surface area contributed by atoms with Gasteiger partial charge in [-0.05, 0) is 18.8 Å². The summed E-state index contributed by atoms with van der Waals surface area (Å²) in [4.78, 5) is 12.8. The minimum atomic E-state index is 0.113. The molecule has 2 nitrogen and oxygen atoms in total. The molecule has 0 fully saturated rings. The number of carbonyl (C=O) groups excluding carboxylic acids is 1. The lowest BCUT2D eigenvalue weighted by Crippen LogP contribution is -2.28. The standard InChI is InChI=1S/C9H19NOS/c1-8(2)5-4-6-10(3)9(11)7-12/h8,12H,4-7H2,1-3H3. The summed E-state index contributed by atoms with van der Waals surface area (Å²) in [5.74, 6) is 1.16. The Kier molecular flexibility index (Phi) is 6.25. The number of carbonyl (C=O) groups is 1. The van der Waals surface area contributed by atoms with Crippen molar-refractivity contribution >= 4 is 18.5 Å². The number of nitrogens with zero attached hydrogens (tertiary/aromatic N) is 1. The number of amides is 1. The fourth-order valence-corrected chi connectivity index (χ4v) is 1.22. The highest BCUT2D eigenvalue weighted by Crippen LogP contribution is 2.04. The minimum Gasteiger partial charge on any atom is -0.345 e. The van der Waals surface area contributed by atoms with Crippen molar-refractivity contribution in [1.29, 1.82) is 0 Å². The minimum absolute atomic E-state index is 0.113. The Balaban J connectivity index is 3.43. The lowest BCUT2D eigenvalue weighted by molar-refractivity contribution is -0.127. The Morgan fingerprint density at radius 2 is 2.08 bits per heavy atom. The van der Waals surface area contributed by atoms with Crippen molar-refractivity contribution in [1.82, 2.24) is 4.90 Å². The van der Waals surface area contributed by atoms with Crippen molar-refractivity contribution in [2.45, 2.75) is 26.7 Å². The van der Waals surface area contributed by atoms with E-state index in [4.69, 9.17) is 0 Å². The Morgan fingerprint density at radius 3 is 2.50 bits per heavy atom. The van der Waals surface area contributed by atoms with Crippen molar-refractivity contribution in [3.63, 3.8) is 0 Å². The van der Waals surface area contributed by atoms with Gasteiger partial charge < -0.3 is 4.90 Å². The first-order valence-electron chi connectivity index (χ1n) is 4.42. The molecule has 0 saturated heterocycles. The van der Waals surface area contributed by atoms with E-state index >= 15 is 0 Å². The van der Waals surface area contributed by atoms with E-state index in [0.717, 1.165) is 18.9 Å². The zero-order valence-corrected chi connectivity index (χ0v) is 9.10. The average molecular weight is 189 g/mol. The monoisotopic (exact) mass is 189 g/mol. The Hall–Kier alpha value is -0.180. The normalized spacial score (nSPS) is 10.4. The lowest BCUT2D eigenvalue weighted by atomic mass is 10.1. The number of thiol groups is 1. The summed E-state index contributed by atoms with van der Waals surface area (Å²) in [6.07, 6.45) is 2.28. The molecule has 0 atom stereocenters. The van der Waals surface area contributed by atoms with E-state index in [-0.39, 0.29) is 5.91 Å². The van der Waals surface area contributed by atoms with Gasteiger partial charge in [-0.15, -0.1) is 0 Å². The molecule has 0 aliphatic rings. The molecule has 0 aliphatic carbocycles. The number of hydrogen-bond donors (Lipinski definition) is 1. The Morgan fingerprint density at radius 1 is 1.50 bits per heavy atom. The summed E-state index contributed by atoms with van der Waals surface area (Å²) in [7, 11) is 1.83. The molecule has 0 aromatic carbocycles. The summed E-state index contributed by atoms with van der Waals surface area (Å²) in [5, 5.41) is 0. The number of hydrogen-bond acceptors (Lipinski definition) is 2. The quantitative estimate of drug-likeness (QED) is 0.654. The lowest BCUT2D eigenvalue weighted by Gasteiger charge is -2.16. The zero-order valence-electron chi connectivity index (χ0n) is 8.21. The SMILES string of the molecule is CC(C)CCCN(C)C(=O)CS. The van der Waals surface area contributed by atoms with E-state index in [9.17, 15) is 4.79 Å². The van der Waals surface area contributed by atoms with Crippen LogP contribution in [-0.4, -0.2) is 30.2 Å². The van der Waals surface area contributed by atoms with Gasteiger partial charge in [-0.2, -0.15) is 12.6 Å². The molecule has 0 bridgehead atoms. The van der Waals surface area contributed by atoms with Crippen LogP contribution in [0.2, 0.25) is 0 Å². The van der Waals surface area contributed by atoms with Gasteiger partial charge in [0, 0.05) is 13.6 Å². The van der Waals surface area contributed by atoms with Gasteiger partial charge in [0.2, 0.25) is 5.91 Å². The smallest absolute Gasteiger partial charge is 0.232 e. The molecular formula is C9H19NOS. The first-order chi connectivity index (χ1) is 5.57. The van der Waals surface area contributed by atoms with E-state index < -0.39 is 0 Å². The molecule has 0 rings (SSSR count). The van der Waals surface area contributed by atoms with Gasteiger partial charge in [-0.3, -0.25) is 4.79 Å². The highest BCUT2D eigenvalue weighted by molar-refractivity contribution is 7.81. The molecule has 0 saturated carbocycles. The molecular weight excluding hydrogens is 170 g/mol. The van der Waals surface area contributed by atoms with Crippen LogP contribution in [0.1, 0.15) is 26.7 Å². The van der Waals surface area contributed by atoms with Gasteiger partial charge in [0.25, 0.3) is 0 Å². The highest BCUT2D eigenvalue weighted by Gasteiger charge is 2.05. The van der Waals surface area contributed by atoms with Gasteiger partial charge >= 0.3 is 0 Å². The topological polar surface area (TPSA) is 20.3 Å². The first-order valence-corrected chi connectivity index (χ1v) is 5.06. The van der Waals surface area contributed by atoms with Crippen LogP contribution in [0.3, 0.4) is 0 Å². The summed E-state index contributed by atoms with van der Waals surface area (Å²) in [6.45, 7) is 5.25. The molecule has 0 heterocycles.